The van der Waals surface area contributed by atoms with Crippen molar-refractivity contribution in [3.63, 3.8) is 0 Å². The van der Waals surface area contributed by atoms with Crippen molar-refractivity contribution in [2.45, 2.75) is 45.1 Å². The summed E-state index contributed by atoms with van der Waals surface area (Å²) in [7, 11) is 1.56. The van der Waals surface area contributed by atoms with E-state index in [1.807, 2.05) is 29.2 Å². The molecule has 2 heterocycles. The molecular formula is C23H27N3O3. The standard InChI is InChI=1S/C23H27N3O3/c1-29-21-10-9-18(14-24-21)25-20(27)13-23(11-5-2-6-12-23)16-26-15-17-7-3-4-8-19(17)22(26)28/h3-4,7-10,14H,2,5-6,11-13,15-16H2,1H3,(H,25,27). The van der Waals surface area contributed by atoms with Gasteiger partial charge in [0.1, 0.15) is 0 Å². The average Bonchev–Trinajstić information content (AvgIpc) is 3.04. The molecule has 6 heteroatoms. The van der Waals surface area contributed by atoms with Gasteiger partial charge in [-0.2, -0.15) is 0 Å². The van der Waals surface area contributed by atoms with Crippen LogP contribution >= 0.6 is 0 Å². The normalized spacial score (nSPS) is 17.7. The third-order valence-electron chi connectivity index (χ3n) is 6.10. The number of hydrogen-bond acceptors (Lipinski definition) is 4. The fourth-order valence-corrected chi connectivity index (χ4v) is 4.66. The number of ether oxygens (including phenoxy) is 1. The summed E-state index contributed by atoms with van der Waals surface area (Å²) in [4.78, 5) is 31.8. The first kappa shape index (κ1) is 19.4. The molecule has 4 rings (SSSR count). The van der Waals surface area contributed by atoms with Crippen molar-refractivity contribution in [2.24, 2.45) is 5.41 Å². The molecule has 1 aliphatic heterocycles. The van der Waals surface area contributed by atoms with Crippen molar-refractivity contribution in [1.29, 1.82) is 0 Å². The molecule has 1 aliphatic carbocycles. The van der Waals surface area contributed by atoms with Gasteiger partial charge in [0, 0.05) is 31.1 Å². The Kier molecular flexibility index (Phi) is 5.51. The third-order valence-corrected chi connectivity index (χ3v) is 6.10. The predicted molar refractivity (Wildman–Crippen MR) is 111 cm³/mol. The van der Waals surface area contributed by atoms with Gasteiger partial charge in [0.2, 0.25) is 11.8 Å². The number of carbonyl (C=O) groups is 2. The Morgan fingerprint density at radius 1 is 1.17 bits per heavy atom. The molecule has 0 radical (unpaired) electrons. The highest BCUT2D eigenvalue weighted by atomic mass is 16.5. The minimum absolute atomic E-state index is 0.0250. The smallest absolute Gasteiger partial charge is 0.254 e. The zero-order valence-corrected chi connectivity index (χ0v) is 16.8. The average molecular weight is 393 g/mol. The molecule has 152 valence electrons. The van der Waals surface area contributed by atoms with Crippen LogP contribution in [0.3, 0.4) is 0 Å². The van der Waals surface area contributed by atoms with Gasteiger partial charge < -0.3 is 15.0 Å². The first-order valence-electron chi connectivity index (χ1n) is 10.3. The maximum absolute atomic E-state index is 12.9. The molecule has 2 amide bonds. The van der Waals surface area contributed by atoms with E-state index in [2.05, 4.69) is 10.3 Å². The van der Waals surface area contributed by atoms with Crippen molar-refractivity contribution in [3.05, 3.63) is 53.7 Å². The largest absolute Gasteiger partial charge is 0.481 e. The van der Waals surface area contributed by atoms with E-state index in [4.69, 9.17) is 4.74 Å². The van der Waals surface area contributed by atoms with Gasteiger partial charge in [-0.1, -0.05) is 37.5 Å². The maximum Gasteiger partial charge on any atom is 0.254 e. The van der Waals surface area contributed by atoms with E-state index in [1.54, 1.807) is 25.4 Å². The van der Waals surface area contributed by atoms with Crippen LogP contribution in [0.4, 0.5) is 5.69 Å². The van der Waals surface area contributed by atoms with Gasteiger partial charge in [0.15, 0.2) is 0 Å². The van der Waals surface area contributed by atoms with Crippen molar-refractivity contribution < 1.29 is 14.3 Å². The van der Waals surface area contributed by atoms with Crippen LogP contribution in [-0.4, -0.2) is 35.4 Å². The van der Waals surface area contributed by atoms with E-state index >= 15 is 0 Å². The van der Waals surface area contributed by atoms with Crippen LogP contribution in [0.1, 0.15) is 54.4 Å². The molecule has 0 spiro atoms. The van der Waals surface area contributed by atoms with E-state index in [0.717, 1.165) is 36.8 Å². The highest BCUT2D eigenvalue weighted by Crippen LogP contribution is 2.41. The van der Waals surface area contributed by atoms with E-state index in [1.165, 1.54) is 6.42 Å². The number of aromatic nitrogens is 1. The zero-order valence-electron chi connectivity index (χ0n) is 16.8. The Bertz CT molecular complexity index is 888. The predicted octanol–water partition coefficient (Wildman–Crippen LogP) is 4.03. The molecule has 6 nitrogen and oxygen atoms in total. The first-order chi connectivity index (χ1) is 14.1. The number of fused-ring (bicyclic) bond motifs is 1. The highest BCUT2D eigenvalue weighted by Gasteiger charge is 2.39. The number of rotatable bonds is 6. The fraction of sp³-hybridized carbons (Fsp3) is 0.435. The lowest BCUT2D eigenvalue weighted by molar-refractivity contribution is -0.119. The van der Waals surface area contributed by atoms with Crippen LogP contribution < -0.4 is 10.1 Å². The highest BCUT2D eigenvalue weighted by molar-refractivity contribution is 5.98. The SMILES string of the molecule is COc1ccc(NC(=O)CC2(CN3Cc4ccccc4C3=O)CCCCC2)cn1. The Morgan fingerprint density at radius 2 is 1.97 bits per heavy atom. The molecular weight excluding hydrogens is 366 g/mol. The second-order valence-corrected chi connectivity index (χ2v) is 8.19. The molecule has 0 unspecified atom stereocenters. The van der Waals surface area contributed by atoms with E-state index in [9.17, 15) is 9.59 Å². The zero-order chi connectivity index (χ0) is 20.3. The number of amides is 2. The summed E-state index contributed by atoms with van der Waals surface area (Å²) in [6, 6.07) is 11.3. The number of benzene rings is 1. The van der Waals surface area contributed by atoms with Crippen LogP contribution in [0.5, 0.6) is 5.88 Å². The van der Waals surface area contributed by atoms with Crippen molar-refractivity contribution in [2.75, 3.05) is 19.0 Å². The van der Waals surface area contributed by atoms with E-state index < -0.39 is 0 Å². The Labute approximate surface area is 171 Å². The maximum atomic E-state index is 12.9. The molecule has 1 aromatic heterocycles. The minimum atomic E-state index is -0.167. The topological polar surface area (TPSA) is 71.5 Å². The van der Waals surface area contributed by atoms with Crippen LogP contribution in [0.25, 0.3) is 0 Å². The molecule has 1 aromatic carbocycles. The molecule has 0 bridgehead atoms. The Morgan fingerprint density at radius 3 is 2.66 bits per heavy atom. The molecule has 1 N–H and O–H groups in total. The van der Waals surface area contributed by atoms with Gasteiger partial charge >= 0.3 is 0 Å². The Hall–Kier alpha value is -2.89. The Balaban J connectivity index is 1.45. The lowest BCUT2D eigenvalue weighted by atomic mass is 9.71. The van der Waals surface area contributed by atoms with Crippen LogP contribution in [0.2, 0.25) is 0 Å². The summed E-state index contributed by atoms with van der Waals surface area (Å²) in [5.74, 6) is 0.576. The molecule has 1 fully saturated rings. The molecule has 2 aromatic rings. The van der Waals surface area contributed by atoms with Gasteiger partial charge in [-0.25, -0.2) is 4.98 Å². The summed E-state index contributed by atoms with van der Waals surface area (Å²) in [6.07, 6.45) is 7.37. The van der Waals surface area contributed by atoms with E-state index in [0.29, 0.717) is 31.1 Å². The minimum Gasteiger partial charge on any atom is -0.481 e. The number of pyridine rings is 1. The van der Waals surface area contributed by atoms with Crippen LogP contribution in [0.15, 0.2) is 42.6 Å². The molecule has 0 saturated heterocycles. The van der Waals surface area contributed by atoms with Crippen LogP contribution in [0, 0.1) is 5.41 Å². The second-order valence-electron chi connectivity index (χ2n) is 8.19. The number of anilines is 1. The second kappa shape index (κ2) is 8.23. The van der Waals surface area contributed by atoms with Gasteiger partial charge in [-0.05, 0) is 36.0 Å². The molecule has 29 heavy (non-hydrogen) atoms. The number of nitrogens with one attached hydrogen (secondary N) is 1. The summed E-state index contributed by atoms with van der Waals surface area (Å²) in [6.45, 7) is 1.27. The van der Waals surface area contributed by atoms with Gasteiger partial charge in [0.25, 0.3) is 5.91 Å². The fourth-order valence-electron chi connectivity index (χ4n) is 4.66. The first-order valence-corrected chi connectivity index (χ1v) is 10.3. The van der Waals surface area contributed by atoms with E-state index in [-0.39, 0.29) is 17.2 Å². The lowest BCUT2D eigenvalue weighted by Crippen LogP contribution is -2.41. The van der Waals surface area contributed by atoms with Crippen LogP contribution in [-0.2, 0) is 11.3 Å². The summed E-state index contributed by atoms with van der Waals surface area (Å²) < 4.78 is 5.06. The van der Waals surface area contributed by atoms with Gasteiger partial charge in [-0.15, -0.1) is 0 Å². The van der Waals surface area contributed by atoms with Gasteiger partial charge in [0.05, 0.1) is 19.0 Å². The quantitative estimate of drug-likeness (QED) is 0.804. The number of methoxy groups -OCH3 is 1. The number of hydrogen-bond donors (Lipinski definition) is 1. The number of nitrogens with zero attached hydrogens (tertiary/aromatic N) is 2. The lowest BCUT2D eigenvalue weighted by Gasteiger charge is -2.39. The monoisotopic (exact) mass is 393 g/mol. The van der Waals surface area contributed by atoms with Gasteiger partial charge in [-0.3, -0.25) is 9.59 Å². The third kappa shape index (κ3) is 4.26. The summed E-state index contributed by atoms with van der Waals surface area (Å²) >= 11 is 0. The summed E-state index contributed by atoms with van der Waals surface area (Å²) in [5, 5.41) is 2.96. The summed E-state index contributed by atoms with van der Waals surface area (Å²) in [5.41, 5.74) is 2.37. The molecule has 2 aliphatic rings. The van der Waals surface area contributed by atoms with Crippen molar-refractivity contribution in [1.82, 2.24) is 9.88 Å². The van der Waals surface area contributed by atoms with Crippen molar-refractivity contribution in [3.8, 4) is 5.88 Å². The molecule has 0 atom stereocenters. The molecule has 1 saturated carbocycles. The number of carbonyl (C=O) groups excluding carboxylic acids is 2. The van der Waals surface area contributed by atoms with Crippen molar-refractivity contribution >= 4 is 17.5 Å².